The summed E-state index contributed by atoms with van der Waals surface area (Å²) in [6, 6.07) is 9.27. The molecule has 0 aliphatic heterocycles. The second-order valence-electron chi connectivity index (χ2n) is 3.56. The van der Waals surface area contributed by atoms with E-state index in [1.54, 1.807) is 0 Å². The number of hydrogen-bond donors (Lipinski definition) is 1. The number of hydrogen-bond acceptors (Lipinski definition) is 3. The standard InChI is InChI=1S/C12H9BrCl2N2O/c13-8-3-1-7(2-4-8)6-18-12-10(15)5-9(14)11(16)17-12/h1-5H,6H2,(H2,16,17). The second kappa shape index (κ2) is 5.78. The van der Waals surface area contributed by atoms with Gasteiger partial charge in [-0.25, -0.2) is 0 Å². The molecular formula is C12H9BrCl2N2O. The molecule has 0 amide bonds. The Labute approximate surface area is 123 Å². The van der Waals surface area contributed by atoms with Crippen molar-refractivity contribution in [2.24, 2.45) is 0 Å². The van der Waals surface area contributed by atoms with Crippen LogP contribution in [0.25, 0.3) is 0 Å². The average Bonchev–Trinajstić information content (AvgIpc) is 2.34. The smallest absolute Gasteiger partial charge is 0.234 e. The number of nitrogen functional groups attached to an aromatic ring is 1. The summed E-state index contributed by atoms with van der Waals surface area (Å²) in [7, 11) is 0. The fourth-order valence-corrected chi connectivity index (χ4v) is 1.97. The molecule has 2 N–H and O–H groups in total. The molecule has 6 heteroatoms. The van der Waals surface area contributed by atoms with Gasteiger partial charge in [-0.3, -0.25) is 0 Å². The van der Waals surface area contributed by atoms with E-state index in [2.05, 4.69) is 20.9 Å². The molecule has 0 fully saturated rings. The second-order valence-corrected chi connectivity index (χ2v) is 5.29. The van der Waals surface area contributed by atoms with Crippen molar-refractivity contribution in [3.63, 3.8) is 0 Å². The summed E-state index contributed by atoms with van der Waals surface area (Å²) >= 11 is 15.1. The van der Waals surface area contributed by atoms with Gasteiger partial charge in [0.2, 0.25) is 5.88 Å². The molecule has 1 aromatic carbocycles. The third kappa shape index (κ3) is 3.28. The Morgan fingerprint density at radius 2 is 1.83 bits per heavy atom. The number of ether oxygens (including phenoxy) is 1. The quantitative estimate of drug-likeness (QED) is 0.899. The van der Waals surface area contributed by atoms with Crippen LogP contribution in [0.1, 0.15) is 5.56 Å². The molecule has 0 saturated carbocycles. The zero-order chi connectivity index (χ0) is 13.1. The number of halogens is 3. The van der Waals surface area contributed by atoms with Crippen molar-refractivity contribution in [2.45, 2.75) is 6.61 Å². The molecule has 2 aromatic rings. The number of anilines is 1. The Morgan fingerprint density at radius 3 is 2.50 bits per heavy atom. The first kappa shape index (κ1) is 13.5. The molecule has 1 aromatic heterocycles. The van der Waals surface area contributed by atoms with E-state index >= 15 is 0 Å². The van der Waals surface area contributed by atoms with Crippen molar-refractivity contribution < 1.29 is 4.74 Å². The third-order valence-corrected chi connectivity index (χ3v) is 3.32. The van der Waals surface area contributed by atoms with Crippen molar-refractivity contribution in [1.82, 2.24) is 4.98 Å². The van der Waals surface area contributed by atoms with E-state index in [1.165, 1.54) is 6.07 Å². The van der Waals surface area contributed by atoms with E-state index in [0.717, 1.165) is 10.0 Å². The highest BCUT2D eigenvalue weighted by atomic mass is 79.9. The first-order chi connectivity index (χ1) is 8.56. The fourth-order valence-electron chi connectivity index (χ4n) is 1.30. The molecule has 18 heavy (non-hydrogen) atoms. The van der Waals surface area contributed by atoms with Crippen molar-refractivity contribution in [3.8, 4) is 5.88 Å². The van der Waals surface area contributed by atoms with E-state index < -0.39 is 0 Å². The van der Waals surface area contributed by atoms with Crippen LogP contribution in [0, 0.1) is 0 Å². The lowest BCUT2D eigenvalue weighted by Gasteiger charge is -2.08. The average molecular weight is 348 g/mol. The van der Waals surface area contributed by atoms with Crippen LogP contribution in [0.3, 0.4) is 0 Å². The Hall–Kier alpha value is -0.970. The molecule has 0 saturated heterocycles. The predicted molar refractivity (Wildman–Crippen MR) is 77.1 cm³/mol. The highest BCUT2D eigenvalue weighted by Crippen LogP contribution is 2.29. The van der Waals surface area contributed by atoms with E-state index in [1.807, 2.05) is 24.3 Å². The summed E-state index contributed by atoms with van der Waals surface area (Å²) in [5, 5.41) is 0.655. The van der Waals surface area contributed by atoms with Gasteiger partial charge in [-0.1, -0.05) is 51.3 Å². The SMILES string of the molecule is Nc1nc(OCc2ccc(Br)cc2)c(Cl)cc1Cl. The number of nitrogens with two attached hydrogens (primary N) is 1. The molecule has 0 unspecified atom stereocenters. The van der Waals surface area contributed by atoms with Crippen molar-refractivity contribution >= 4 is 44.9 Å². The van der Waals surface area contributed by atoms with E-state index in [-0.39, 0.29) is 11.7 Å². The summed E-state index contributed by atoms with van der Waals surface area (Å²) in [5.41, 5.74) is 6.59. The van der Waals surface area contributed by atoms with Gasteiger partial charge in [0.25, 0.3) is 0 Å². The minimum Gasteiger partial charge on any atom is -0.472 e. The molecule has 0 atom stereocenters. The van der Waals surface area contributed by atoms with Gasteiger partial charge in [-0.2, -0.15) is 4.98 Å². The summed E-state index contributed by atoms with van der Waals surface area (Å²) in [6.45, 7) is 0.362. The van der Waals surface area contributed by atoms with Gasteiger partial charge in [0.1, 0.15) is 17.4 Å². The summed E-state index contributed by atoms with van der Waals surface area (Å²) in [5.74, 6) is 0.480. The monoisotopic (exact) mass is 346 g/mol. The zero-order valence-electron chi connectivity index (χ0n) is 9.16. The van der Waals surface area contributed by atoms with Crippen LogP contribution in [0.4, 0.5) is 5.82 Å². The van der Waals surface area contributed by atoms with Gasteiger partial charge >= 0.3 is 0 Å². The van der Waals surface area contributed by atoms with E-state index in [4.69, 9.17) is 33.7 Å². The molecule has 94 valence electrons. The zero-order valence-corrected chi connectivity index (χ0v) is 12.3. The van der Waals surface area contributed by atoms with Crippen LogP contribution < -0.4 is 10.5 Å². The largest absolute Gasteiger partial charge is 0.472 e. The number of benzene rings is 1. The number of pyridine rings is 1. The number of aromatic nitrogens is 1. The molecule has 0 aliphatic rings. The maximum absolute atomic E-state index is 5.96. The predicted octanol–water partition coefficient (Wildman–Crippen LogP) is 4.31. The third-order valence-electron chi connectivity index (χ3n) is 2.21. The van der Waals surface area contributed by atoms with Crippen LogP contribution in [0.5, 0.6) is 5.88 Å². The molecular weight excluding hydrogens is 339 g/mol. The molecule has 0 aliphatic carbocycles. The van der Waals surface area contributed by atoms with Gasteiger partial charge in [0, 0.05) is 4.47 Å². The summed E-state index contributed by atoms with van der Waals surface area (Å²) in [6.07, 6.45) is 0. The fraction of sp³-hybridized carbons (Fsp3) is 0.0833. The molecule has 0 spiro atoms. The minimum absolute atomic E-state index is 0.201. The minimum atomic E-state index is 0.201. The number of nitrogens with zero attached hydrogens (tertiary/aromatic N) is 1. The van der Waals surface area contributed by atoms with Gasteiger partial charge in [0.05, 0.1) is 5.02 Å². The Bertz CT molecular complexity index is 561. The summed E-state index contributed by atoms with van der Waals surface area (Å²) in [4.78, 5) is 3.99. The van der Waals surface area contributed by atoms with Crippen LogP contribution in [-0.4, -0.2) is 4.98 Å². The highest BCUT2D eigenvalue weighted by Gasteiger charge is 2.08. The van der Waals surface area contributed by atoms with Gasteiger partial charge < -0.3 is 10.5 Å². The van der Waals surface area contributed by atoms with Crippen molar-refractivity contribution in [3.05, 3.63) is 50.4 Å². The van der Waals surface area contributed by atoms with Gasteiger partial charge in [-0.15, -0.1) is 0 Å². The topological polar surface area (TPSA) is 48.1 Å². The summed E-state index contributed by atoms with van der Waals surface area (Å²) < 4.78 is 6.51. The van der Waals surface area contributed by atoms with Crippen LogP contribution in [0.15, 0.2) is 34.8 Å². The molecule has 1 heterocycles. The first-order valence-electron chi connectivity index (χ1n) is 5.05. The van der Waals surface area contributed by atoms with Crippen molar-refractivity contribution in [1.29, 1.82) is 0 Å². The van der Waals surface area contributed by atoms with E-state index in [9.17, 15) is 0 Å². The molecule has 2 rings (SSSR count). The Balaban J connectivity index is 2.10. The lowest BCUT2D eigenvalue weighted by atomic mass is 10.2. The maximum atomic E-state index is 5.96. The Kier molecular flexibility index (Phi) is 4.32. The maximum Gasteiger partial charge on any atom is 0.234 e. The van der Waals surface area contributed by atoms with Crippen molar-refractivity contribution in [2.75, 3.05) is 5.73 Å². The molecule has 3 nitrogen and oxygen atoms in total. The molecule has 0 radical (unpaired) electrons. The highest BCUT2D eigenvalue weighted by molar-refractivity contribution is 9.10. The lowest BCUT2D eigenvalue weighted by molar-refractivity contribution is 0.294. The number of rotatable bonds is 3. The normalized spacial score (nSPS) is 10.4. The first-order valence-corrected chi connectivity index (χ1v) is 6.60. The van der Waals surface area contributed by atoms with Crippen LogP contribution in [0.2, 0.25) is 10.0 Å². The molecule has 0 bridgehead atoms. The van der Waals surface area contributed by atoms with Crippen LogP contribution in [-0.2, 0) is 6.61 Å². The van der Waals surface area contributed by atoms with Gasteiger partial charge in [-0.05, 0) is 23.8 Å². The Morgan fingerprint density at radius 1 is 1.17 bits per heavy atom. The van der Waals surface area contributed by atoms with Crippen LogP contribution >= 0.6 is 39.1 Å². The van der Waals surface area contributed by atoms with Gasteiger partial charge in [0.15, 0.2) is 0 Å². The van der Waals surface area contributed by atoms with E-state index in [0.29, 0.717) is 16.7 Å². The lowest BCUT2D eigenvalue weighted by Crippen LogP contribution is -2.00.